The van der Waals surface area contributed by atoms with E-state index in [2.05, 4.69) is 16.0 Å². The minimum absolute atomic E-state index is 0.0520. The van der Waals surface area contributed by atoms with Crippen LogP contribution in [0.5, 0.6) is 5.75 Å². The third-order valence-corrected chi connectivity index (χ3v) is 11.3. The van der Waals surface area contributed by atoms with Gasteiger partial charge in [-0.15, -0.1) is 11.3 Å². The smallest absolute Gasteiger partial charge is 0.289 e. The Bertz CT molecular complexity index is 1680. The van der Waals surface area contributed by atoms with Crippen LogP contribution in [0.4, 0.5) is 0 Å². The van der Waals surface area contributed by atoms with Crippen molar-refractivity contribution in [3.63, 3.8) is 0 Å². The molecule has 2 aliphatic rings. The van der Waals surface area contributed by atoms with Gasteiger partial charge in [-0.2, -0.15) is 0 Å². The number of nitrogens with zero attached hydrogens (tertiary/aromatic N) is 2. The number of hydrogen-bond donors (Lipinski definition) is 4. The molecule has 1 aromatic heterocycles. The number of nitrogens with two attached hydrogens (primary N) is 1. The zero-order valence-electron chi connectivity index (χ0n) is 30.5. The fourth-order valence-electron chi connectivity index (χ4n) is 6.73. The van der Waals surface area contributed by atoms with Crippen LogP contribution in [0.3, 0.4) is 0 Å². The summed E-state index contributed by atoms with van der Waals surface area (Å²) in [6.45, 7) is 5.01. The summed E-state index contributed by atoms with van der Waals surface area (Å²) in [6, 6.07) is 12.8. The molecule has 53 heavy (non-hydrogen) atoms. The first-order valence-electron chi connectivity index (χ1n) is 18.4. The number of unbranched alkanes of at least 4 members (excludes halogenated alkanes) is 1. The number of likely N-dealkylation sites (tertiary alicyclic amines) is 1. The van der Waals surface area contributed by atoms with Crippen LogP contribution in [0.25, 0.3) is 0 Å². The summed E-state index contributed by atoms with van der Waals surface area (Å²) < 4.78 is 11.4. The average Bonchev–Trinajstić information content (AvgIpc) is 3.78. The number of rotatable bonds is 18. The van der Waals surface area contributed by atoms with Gasteiger partial charge >= 0.3 is 0 Å². The Morgan fingerprint density at radius 3 is 2.47 bits per heavy atom. The first kappa shape index (κ1) is 40.3. The van der Waals surface area contributed by atoms with E-state index >= 15 is 0 Å². The number of hydrogen-bond acceptors (Lipinski definition) is 10. The molecule has 2 aromatic carbocycles. The lowest BCUT2D eigenvalue weighted by Gasteiger charge is -2.26. The molecule has 12 nitrogen and oxygen atoms in total. The van der Waals surface area contributed by atoms with Crippen LogP contribution in [0.1, 0.15) is 71.1 Å². The van der Waals surface area contributed by atoms with Gasteiger partial charge in [0.1, 0.15) is 11.8 Å². The van der Waals surface area contributed by atoms with Crippen LogP contribution >= 0.6 is 22.9 Å². The SMILES string of the molecule is COc1ccc(CCNC(=O)C(=O)[C@H](CCCCN)NC(=O)[C@@H]2C[C@@H](OCc3ccc(Cl)cc3)CN2C(=O)Cc2nc(C3CCNCC3)sc2C)cc1. The van der Waals surface area contributed by atoms with Crippen molar-refractivity contribution in [3.05, 3.63) is 80.3 Å². The lowest BCUT2D eigenvalue weighted by atomic mass is 9.99. The molecule has 0 radical (unpaired) electrons. The van der Waals surface area contributed by atoms with Crippen LogP contribution in [0, 0.1) is 6.92 Å². The van der Waals surface area contributed by atoms with Gasteiger partial charge in [-0.25, -0.2) is 4.98 Å². The van der Waals surface area contributed by atoms with Crippen LogP contribution in [0.15, 0.2) is 48.5 Å². The number of Topliss-reactive ketones (excluding diaryl/α,β-unsaturated/α-hetero) is 1. The number of carbonyl (C=O) groups excluding carboxylic acids is 4. The Balaban J connectivity index is 1.27. The van der Waals surface area contributed by atoms with Gasteiger partial charge in [0.2, 0.25) is 17.6 Å². The average molecular weight is 767 g/mol. The van der Waals surface area contributed by atoms with E-state index in [1.165, 1.54) is 0 Å². The molecule has 0 spiro atoms. The number of aryl methyl sites for hydroxylation is 1. The number of amides is 3. The van der Waals surface area contributed by atoms with Crippen molar-refractivity contribution in [1.29, 1.82) is 0 Å². The molecule has 2 saturated heterocycles. The van der Waals surface area contributed by atoms with Gasteiger partial charge in [-0.1, -0.05) is 35.9 Å². The summed E-state index contributed by atoms with van der Waals surface area (Å²) >= 11 is 7.69. The summed E-state index contributed by atoms with van der Waals surface area (Å²) in [6.07, 6.45) is 3.79. The number of ether oxygens (including phenoxy) is 2. The number of piperidine rings is 1. The summed E-state index contributed by atoms with van der Waals surface area (Å²) in [7, 11) is 1.59. The third kappa shape index (κ3) is 11.6. The number of carbonyl (C=O) groups is 4. The maximum Gasteiger partial charge on any atom is 0.289 e. The van der Waals surface area contributed by atoms with Crippen LogP contribution in [-0.4, -0.2) is 91.4 Å². The number of thiazole rings is 1. The van der Waals surface area contributed by atoms with Crippen LogP contribution in [-0.2, 0) is 43.4 Å². The zero-order chi connectivity index (χ0) is 37.7. The van der Waals surface area contributed by atoms with Crippen molar-refractivity contribution in [1.82, 2.24) is 25.8 Å². The van der Waals surface area contributed by atoms with Crippen molar-refractivity contribution in [2.75, 3.05) is 39.8 Å². The first-order valence-corrected chi connectivity index (χ1v) is 19.6. The number of halogens is 1. The van der Waals surface area contributed by atoms with Gasteiger partial charge < -0.3 is 36.1 Å². The highest BCUT2D eigenvalue weighted by molar-refractivity contribution is 7.11. The molecular weight excluding hydrogens is 716 g/mol. The van der Waals surface area contributed by atoms with E-state index in [1.807, 2.05) is 43.3 Å². The maximum atomic E-state index is 14.1. The molecule has 5 N–H and O–H groups in total. The number of aromatic nitrogens is 1. The number of methoxy groups -OCH3 is 1. The fraction of sp³-hybridized carbons (Fsp3) is 0.513. The van der Waals surface area contributed by atoms with Gasteiger partial charge in [0.15, 0.2) is 0 Å². The van der Waals surface area contributed by atoms with E-state index in [9.17, 15) is 19.2 Å². The van der Waals surface area contributed by atoms with Gasteiger partial charge in [0.05, 0.1) is 43.0 Å². The molecule has 0 unspecified atom stereocenters. The third-order valence-electron chi connectivity index (χ3n) is 9.86. The van der Waals surface area contributed by atoms with Crippen LogP contribution in [0.2, 0.25) is 5.02 Å². The Kier molecular flexibility index (Phi) is 15.2. The summed E-state index contributed by atoms with van der Waals surface area (Å²) in [5, 5.41) is 10.6. The zero-order valence-corrected chi connectivity index (χ0v) is 32.1. The molecule has 3 aromatic rings. The maximum absolute atomic E-state index is 14.1. The molecule has 14 heteroatoms. The number of nitrogens with one attached hydrogen (secondary N) is 3. The Morgan fingerprint density at radius 1 is 1.06 bits per heavy atom. The molecule has 0 saturated carbocycles. The molecule has 3 heterocycles. The summed E-state index contributed by atoms with van der Waals surface area (Å²) in [5.74, 6) is -1.16. The van der Waals surface area contributed by atoms with Crippen molar-refractivity contribution in [3.8, 4) is 5.75 Å². The van der Waals surface area contributed by atoms with Crippen molar-refractivity contribution in [2.24, 2.45) is 5.73 Å². The lowest BCUT2D eigenvalue weighted by molar-refractivity contribution is -0.142. The molecule has 286 valence electrons. The van der Waals surface area contributed by atoms with E-state index in [4.69, 9.17) is 31.8 Å². The van der Waals surface area contributed by atoms with Gasteiger partial charge in [0.25, 0.3) is 5.91 Å². The highest BCUT2D eigenvalue weighted by Crippen LogP contribution is 2.32. The van der Waals surface area contributed by atoms with E-state index in [1.54, 1.807) is 35.5 Å². The predicted molar refractivity (Wildman–Crippen MR) is 205 cm³/mol. The standard InChI is InChI=1S/C39H51ClN6O6S/c1-25-33(45-39(53-25)28-15-18-42-19-16-28)22-35(47)46-23-31(52-24-27-6-10-29(40)11-7-27)21-34(46)37(49)44-32(5-3-4-17-41)36(48)38(50)43-20-14-26-8-12-30(51-2)13-9-26/h6-13,28,31-32,34,42H,3-5,14-24,41H2,1-2H3,(H,43,50)(H,44,49)/t31-,32+,34+/m1/s1. The monoisotopic (exact) mass is 766 g/mol. The molecular formula is C39H51ClN6O6S. The molecule has 0 aliphatic carbocycles. The van der Waals surface area contributed by atoms with Crippen LogP contribution < -0.4 is 26.4 Å². The van der Waals surface area contributed by atoms with E-state index in [0.29, 0.717) is 36.7 Å². The van der Waals surface area contributed by atoms with E-state index < -0.39 is 35.8 Å². The summed E-state index contributed by atoms with van der Waals surface area (Å²) in [5.41, 5.74) is 8.33. The van der Waals surface area contributed by atoms with Gasteiger partial charge in [-0.05, 0) is 100 Å². The molecule has 3 atom stereocenters. The molecule has 3 amide bonds. The number of ketones is 1. The summed E-state index contributed by atoms with van der Waals surface area (Å²) in [4.78, 5) is 62.1. The Hall–Kier alpha value is -3.88. The quantitative estimate of drug-likeness (QED) is 0.111. The second kappa shape index (κ2) is 20.0. The first-order chi connectivity index (χ1) is 25.6. The van der Waals surface area contributed by atoms with Gasteiger partial charge in [-0.3, -0.25) is 19.2 Å². The second-order valence-electron chi connectivity index (χ2n) is 13.7. The highest BCUT2D eigenvalue weighted by atomic mass is 35.5. The van der Waals surface area contributed by atoms with Crippen molar-refractivity contribution in [2.45, 2.75) is 89.0 Å². The number of benzene rings is 2. The molecule has 5 rings (SSSR count). The predicted octanol–water partition coefficient (Wildman–Crippen LogP) is 3.85. The van der Waals surface area contributed by atoms with Gasteiger partial charge in [0, 0.05) is 35.3 Å². The fourth-order valence-corrected chi connectivity index (χ4v) is 7.96. The van der Waals surface area contributed by atoms with E-state index in [0.717, 1.165) is 58.4 Å². The minimum atomic E-state index is -1.07. The van der Waals surface area contributed by atoms with Crippen molar-refractivity contribution < 1.29 is 28.7 Å². The second-order valence-corrected chi connectivity index (χ2v) is 15.3. The highest BCUT2D eigenvalue weighted by Gasteiger charge is 2.42. The topological polar surface area (TPSA) is 165 Å². The lowest BCUT2D eigenvalue weighted by Crippen LogP contribution is -2.53. The molecule has 0 bridgehead atoms. The normalized spacial score (nSPS) is 18.1. The largest absolute Gasteiger partial charge is 0.497 e. The minimum Gasteiger partial charge on any atom is -0.497 e. The Morgan fingerprint density at radius 2 is 1.77 bits per heavy atom. The molecule has 2 fully saturated rings. The molecule has 2 aliphatic heterocycles. The van der Waals surface area contributed by atoms with Crippen molar-refractivity contribution >= 4 is 46.4 Å². The van der Waals surface area contributed by atoms with E-state index in [-0.39, 0.29) is 44.9 Å². The Labute approximate surface area is 320 Å².